The second kappa shape index (κ2) is 25.3. The minimum atomic E-state index is -1.86. The van der Waals surface area contributed by atoms with Gasteiger partial charge in [0.2, 0.25) is 0 Å². The highest BCUT2D eigenvalue weighted by atomic mass is 16.7. The first-order chi connectivity index (χ1) is 34.2. The van der Waals surface area contributed by atoms with E-state index in [1.807, 2.05) is 37.7 Å². The van der Waals surface area contributed by atoms with Crippen LogP contribution in [0, 0.1) is 27.9 Å². The predicted octanol–water partition coefficient (Wildman–Crippen LogP) is 4.11. The molecule has 5 N–H and O–H groups in total. The molecule has 5 rings (SSSR count). The van der Waals surface area contributed by atoms with E-state index in [1.54, 1.807) is 71.5 Å². The SMILES string of the molecule is CC[C@H]1OC(=O)[C@H](C)[C@@H](O[C@H]2C[C@@](C)(OC)[C@@H](O)[C@H](C)O2)[C@H](C)[C@@H](O[C@@H]2O[C@H](C)C[C@H](N(C)CCc3cn([C@H](CN=[N+]=[N-])Cc4ccc([N+](=O)[O-])cc4)nn3)[C@H]2O)[C@](C)(O)C[C@@H](C)CN(C)[C@H](C)[C@@H](O)[C@]1(C)O. The summed E-state index contributed by atoms with van der Waals surface area (Å²) in [5, 5.41) is 83.4. The van der Waals surface area contributed by atoms with Crippen molar-refractivity contribution in [3.05, 3.63) is 62.3 Å². The van der Waals surface area contributed by atoms with Crippen LogP contribution in [0.25, 0.3) is 10.4 Å². The summed E-state index contributed by atoms with van der Waals surface area (Å²) in [6.45, 7) is 18.2. The number of benzene rings is 1. The van der Waals surface area contributed by atoms with E-state index in [4.69, 9.17) is 34.0 Å². The Bertz CT molecular complexity index is 2150. The molecule has 2 aromatic rings. The Morgan fingerprint density at radius 3 is 2.33 bits per heavy atom. The van der Waals surface area contributed by atoms with Crippen LogP contribution in [-0.4, -0.2) is 192 Å². The largest absolute Gasteiger partial charge is 0.459 e. The van der Waals surface area contributed by atoms with Crippen LogP contribution in [0.15, 0.2) is 35.6 Å². The molecule has 3 aliphatic rings. The number of carbonyl (C=O) groups excluding carboxylic acids is 1. The molecule has 3 saturated heterocycles. The lowest BCUT2D eigenvalue weighted by atomic mass is 9.77. The Kier molecular flexibility index (Phi) is 20.7. The molecule has 0 aliphatic carbocycles. The molecule has 4 heterocycles. The number of methoxy groups -OCH3 is 1. The summed E-state index contributed by atoms with van der Waals surface area (Å²) in [5.41, 5.74) is 5.87. The van der Waals surface area contributed by atoms with Gasteiger partial charge in [0.05, 0.1) is 58.2 Å². The van der Waals surface area contributed by atoms with Crippen LogP contribution in [0.2, 0.25) is 0 Å². The molecule has 1 aromatic heterocycles. The number of aliphatic hydroxyl groups excluding tert-OH is 3. The lowest BCUT2D eigenvalue weighted by molar-refractivity contribution is -0.384. The first-order valence-electron chi connectivity index (χ1n) is 25.6. The minimum Gasteiger partial charge on any atom is -0.459 e. The highest BCUT2D eigenvalue weighted by molar-refractivity contribution is 5.73. The molecule has 0 unspecified atom stereocenters. The maximum absolute atomic E-state index is 14.5. The van der Waals surface area contributed by atoms with E-state index in [-0.39, 0.29) is 37.4 Å². The molecule has 0 amide bonds. The molecule has 0 radical (unpaired) electrons. The molecule has 23 heteroatoms. The number of cyclic esters (lactones) is 1. The van der Waals surface area contributed by atoms with E-state index in [1.165, 1.54) is 26.2 Å². The fourth-order valence-corrected chi connectivity index (χ4v) is 11.1. The third-order valence-electron chi connectivity index (χ3n) is 15.7. The summed E-state index contributed by atoms with van der Waals surface area (Å²) >= 11 is 0. The fourth-order valence-electron chi connectivity index (χ4n) is 11.1. The third kappa shape index (κ3) is 14.5. The highest BCUT2D eigenvalue weighted by Crippen LogP contribution is 2.40. The van der Waals surface area contributed by atoms with Crippen molar-refractivity contribution >= 4 is 11.7 Å². The molecule has 3 aliphatic heterocycles. The fraction of sp³-hybridized carbons (Fsp3) is 0.820. The number of rotatable bonds is 16. The summed E-state index contributed by atoms with van der Waals surface area (Å²) < 4.78 is 39.8. The number of ether oxygens (including phenoxy) is 6. The maximum Gasteiger partial charge on any atom is 0.311 e. The number of nitro benzene ring substituents is 1. The summed E-state index contributed by atoms with van der Waals surface area (Å²) in [4.78, 5) is 32.0. The van der Waals surface area contributed by atoms with Gasteiger partial charge in [-0.1, -0.05) is 43.2 Å². The van der Waals surface area contributed by atoms with Gasteiger partial charge in [-0.25, -0.2) is 4.68 Å². The van der Waals surface area contributed by atoms with Gasteiger partial charge in [-0.2, -0.15) is 0 Å². The van der Waals surface area contributed by atoms with Crippen LogP contribution in [0.4, 0.5) is 5.69 Å². The number of hydrogen-bond donors (Lipinski definition) is 5. The summed E-state index contributed by atoms with van der Waals surface area (Å²) in [5.74, 6) is -2.91. The second-order valence-electron chi connectivity index (χ2n) is 21.8. The molecule has 3 fully saturated rings. The molecule has 0 saturated carbocycles. The number of nitrogens with zero attached hydrogens (tertiary/aromatic N) is 9. The number of likely N-dealkylation sites (N-methyl/N-ethyl adjacent to an activating group) is 2. The molecule has 412 valence electrons. The topological polar surface area (TPSA) is 303 Å². The quantitative estimate of drug-likeness (QED) is 0.0395. The maximum atomic E-state index is 14.5. The molecule has 0 spiro atoms. The minimum absolute atomic E-state index is 0.0362. The zero-order valence-electron chi connectivity index (χ0n) is 44.9. The van der Waals surface area contributed by atoms with Gasteiger partial charge in [0.25, 0.3) is 5.69 Å². The monoisotopic (exact) mass is 1030 g/mol. The second-order valence-corrected chi connectivity index (χ2v) is 21.8. The summed E-state index contributed by atoms with van der Waals surface area (Å²) in [6.07, 6.45) is -7.01. The number of hydrogen-bond acceptors (Lipinski definition) is 19. The van der Waals surface area contributed by atoms with Crippen molar-refractivity contribution in [3.8, 4) is 0 Å². The predicted molar refractivity (Wildman–Crippen MR) is 267 cm³/mol. The van der Waals surface area contributed by atoms with Gasteiger partial charge >= 0.3 is 5.97 Å². The van der Waals surface area contributed by atoms with Crippen molar-refractivity contribution in [1.82, 2.24) is 24.8 Å². The Morgan fingerprint density at radius 1 is 1.04 bits per heavy atom. The lowest BCUT2D eigenvalue weighted by Crippen LogP contribution is -2.61. The normalized spacial score (nSPS) is 38.9. The van der Waals surface area contributed by atoms with Gasteiger partial charge in [0.1, 0.15) is 30.0 Å². The van der Waals surface area contributed by atoms with Crippen molar-refractivity contribution in [3.63, 3.8) is 0 Å². The van der Waals surface area contributed by atoms with Gasteiger partial charge in [-0.15, -0.1) is 5.10 Å². The average Bonchev–Trinajstić information content (AvgIpc) is 3.82. The van der Waals surface area contributed by atoms with Crippen LogP contribution in [0.3, 0.4) is 0 Å². The van der Waals surface area contributed by atoms with Crippen LogP contribution in [0.1, 0.15) is 112 Å². The zero-order valence-corrected chi connectivity index (χ0v) is 44.9. The van der Waals surface area contributed by atoms with Crippen molar-refractivity contribution in [2.24, 2.45) is 22.9 Å². The molecule has 73 heavy (non-hydrogen) atoms. The zero-order chi connectivity index (χ0) is 54.3. The number of nitro groups is 1. The van der Waals surface area contributed by atoms with E-state index >= 15 is 0 Å². The standard InChI is InChI=1S/C50H83N9O14/c1-14-39-50(10,65)43(61)32(6)57(12)26-28(2)23-48(8,64)45(30(4)42(31(5)46(63)71-39)72-40-24-49(9,68-13)44(62)33(7)70-40)73-47-41(60)38(21-29(3)69-47)56(11)20-19-35-27-58(55-53-35)37(25-52-54-51)22-34-15-17-36(18-16-34)59(66)67/h15-18,27-33,37-45,47,60-62,64-65H,14,19-26H2,1-13H3/t28-,29-,30+,31-,32-,33+,37+,38+,39-,40+,41-,42+,43-,44+,45-,47+,48-,49-,50-/m1/s1. The first kappa shape index (κ1) is 59.9. The van der Waals surface area contributed by atoms with Gasteiger partial charge in [-0.05, 0) is 105 Å². The number of aromatic nitrogens is 3. The molecule has 0 bridgehead atoms. The van der Waals surface area contributed by atoms with Crippen LogP contribution in [-0.2, 0) is 46.1 Å². The third-order valence-corrected chi connectivity index (χ3v) is 15.7. The molecule has 1 aromatic carbocycles. The van der Waals surface area contributed by atoms with Gasteiger partial charge < -0.3 is 63.8 Å². The Labute approximate surface area is 429 Å². The van der Waals surface area contributed by atoms with E-state index in [0.717, 1.165) is 5.56 Å². The van der Waals surface area contributed by atoms with Crippen LogP contribution < -0.4 is 0 Å². The highest BCUT2D eigenvalue weighted by Gasteiger charge is 2.53. The van der Waals surface area contributed by atoms with Crippen molar-refractivity contribution in [2.75, 3.05) is 40.8 Å². The molecular formula is C50H83N9O14. The Balaban J connectivity index is 1.44. The molecule has 23 nitrogen and oxygen atoms in total. The Morgan fingerprint density at radius 2 is 1.71 bits per heavy atom. The average molecular weight is 1030 g/mol. The number of aliphatic hydroxyl groups is 5. The summed E-state index contributed by atoms with van der Waals surface area (Å²) in [6, 6.07) is 4.63. The van der Waals surface area contributed by atoms with Gasteiger partial charge in [-0.3, -0.25) is 14.9 Å². The van der Waals surface area contributed by atoms with Gasteiger partial charge in [0, 0.05) is 80.8 Å². The lowest BCUT2D eigenvalue weighted by Gasteiger charge is -2.49. The van der Waals surface area contributed by atoms with Crippen LogP contribution in [0.5, 0.6) is 0 Å². The van der Waals surface area contributed by atoms with Crippen molar-refractivity contribution in [2.45, 2.75) is 204 Å². The summed E-state index contributed by atoms with van der Waals surface area (Å²) in [7, 11) is 5.18. The molecule has 19 atom stereocenters. The number of azide groups is 1. The van der Waals surface area contributed by atoms with E-state index in [2.05, 4.69) is 20.3 Å². The van der Waals surface area contributed by atoms with E-state index in [0.29, 0.717) is 38.0 Å². The number of esters is 1. The van der Waals surface area contributed by atoms with Crippen molar-refractivity contribution in [1.29, 1.82) is 0 Å². The first-order valence-corrected chi connectivity index (χ1v) is 25.6. The molecular weight excluding hydrogens is 951 g/mol. The van der Waals surface area contributed by atoms with Gasteiger partial charge in [0.15, 0.2) is 12.6 Å². The van der Waals surface area contributed by atoms with E-state index in [9.17, 15) is 40.4 Å². The number of non-ortho nitro benzene ring substituents is 1. The smallest absolute Gasteiger partial charge is 0.311 e. The van der Waals surface area contributed by atoms with Crippen molar-refractivity contribution < 1.29 is 63.7 Å². The number of carbonyl (C=O) groups is 1. The van der Waals surface area contributed by atoms with Crippen LogP contribution >= 0.6 is 0 Å². The van der Waals surface area contributed by atoms with E-state index < -0.39 is 119 Å². The Hall–Kier alpha value is -3.94.